The molecule has 1 heterocycles. The molecule has 1 saturated carbocycles. The molecule has 0 atom stereocenters. The summed E-state index contributed by atoms with van der Waals surface area (Å²) in [6.45, 7) is 0. The normalized spacial score (nSPS) is 15.0. The van der Waals surface area contributed by atoms with Crippen LogP contribution in [-0.4, -0.2) is 17.3 Å². The lowest BCUT2D eigenvalue weighted by Crippen LogP contribution is -2.44. The summed E-state index contributed by atoms with van der Waals surface area (Å²) in [6.07, 6.45) is 2.57. The molecule has 0 amide bonds. The lowest BCUT2D eigenvalue weighted by molar-refractivity contribution is 0.229. The molecule has 0 radical (unpaired) electrons. The Morgan fingerprint density at radius 1 is 1.07 bits per heavy atom. The van der Waals surface area contributed by atoms with E-state index in [1.54, 1.807) is 18.2 Å². The highest BCUT2D eigenvalue weighted by Crippen LogP contribution is 2.38. The third-order valence-electron chi connectivity index (χ3n) is 4.80. The van der Waals surface area contributed by atoms with Gasteiger partial charge in [0, 0.05) is 11.6 Å². The van der Waals surface area contributed by atoms with E-state index in [-0.39, 0.29) is 29.4 Å². The smallest absolute Gasteiger partial charge is 0.260 e. The van der Waals surface area contributed by atoms with Crippen LogP contribution in [0.2, 0.25) is 0 Å². The van der Waals surface area contributed by atoms with Crippen LogP contribution in [0.3, 0.4) is 0 Å². The topological polar surface area (TPSA) is 74.2 Å². The van der Waals surface area contributed by atoms with Gasteiger partial charge in [0.25, 0.3) is 5.89 Å². The van der Waals surface area contributed by atoms with Crippen molar-refractivity contribution in [3.63, 3.8) is 0 Å². The average Bonchev–Trinajstić information content (AvgIpc) is 3.09. The Morgan fingerprint density at radius 2 is 1.78 bits per heavy atom. The molecule has 0 bridgehead atoms. The van der Waals surface area contributed by atoms with Gasteiger partial charge in [-0.05, 0) is 49.1 Å². The van der Waals surface area contributed by atoms with E-state index in [2.05, 4.69) is 10.1 Å². The lowest BCUT2D eigenvalue weighted by atomic mass is 9.77. The molecule has 2 aromatic carbocycles. The highest BCUT2D eigenvalue weighted by Gasteiger charge is 2.39. The van der Waals surface area contributed by atoms with Gasteiger partial charge in [-0.3, -0.25) is 0 Å². The second kappa shape index (κ2) is 7.25. The first-order valence-corrected chi connectivity index (χ1v) is 8.27. The van der Waals surface area contributed by atoms with Crippen molar-refractivity contribution in [3.8, 4) is 28.3 Å². The van der Waals surface area contributed by atoms with Crippen molar-refractivity contribution in [2.45, 2.75) is 24.8 Å². The summed E-state index contributed by atoms with van der Waals surface area (Å²) in [5, 5.41) is 3.89. The lowest BCUT2D eigenvalue weighted by Gasteiger charge is -2.34. The van der Waals surface area contributed by atoms with Crippen LogP contribution in [-0.2, 0) is 5.54 Å². The summed E-state index contributed by atoms with van der Waals surface area (Å²) in [7, 11) is 1.45. The summed E-state index contributed by atoms with van der Waals surface area (Å²) in [5.41, 5.74) is 6.42. The van der Waals surface area contributed by atoms with Crippen LogP contribution >= 0.6 is 12.4 Å². The van der Waals surface area contributed by atoms with Crippen LogP contribution < -0.4 is 10.5 Å². The minimum Gasteiger partial charge on any atom is -0.497 e. The van der Waals surface area contributed by atoms with Gasteiger partial charge in [-0.25, -0.2) is 8.78 Å². The third-order valence-corrected chi connectivity index (χ3v) is 4.80. The predicted octanol–water partition coefficient (Wildman–Crippen LogP) is 4.45. The fourth-order valence-corrected chi connectivity index (χ4v) is 3.03. The summed E-state index contributed by atoms with van der Waals surface area (Å²) >= 11 is 0. The fourth-order valence-electron chi connectivity index (χ4n) is 3.03. The third kappa shape index (κ3) is 3.40. The second-order valence-electron chi connectivity index (χ2n) is 6.47. The summed E-state index contributed by atoms with van der Waals surface area (Å²) in [4.78, 5) is 4.24. The number of halogens is 3. The number of hydrogen-bond donors (Lipinski definition) is 1. The van der Waals surface area contributed by atoms with Gasteiger partial charge < -0.3 is 15.0 Å². The van der Waals surface area contributed by atoms with Gasteiger partial charge in [-0.1, -0.05) is 11.2 Å². The van der Waals surface area contributed by atoms with Gasteiger partial charge in [-0.2, -0.15) is 4.98 Å². The Bertz CT molecular complexity index is 973. The first kappa shape index (κ1) is 19.3. The molecule has 142 valence electrons. The van der Waals surface area contributed by atoms with E-state index in [4.69, 9.17) is 15.0 Å². The van der Waals surface area contributed by atoms with Crippen molar-refractivity contribution in [3.05, 3.63) is 53.9 Å². The number of methoxy groups -OCH3 is 1. The minimum absolute atomic E-state index is 0. The first-order chi connectivity index (χ1) is 12.5. The highest BCUT2D eigenvalue weighted by molar-refractivity contribution is 5.85. The Morgan fingerprint density at radius 3 is 2.37 bits per heavy atom. The van der Waals surface area contributed by atoms with Crippen LogP contribution in [0.1, 0.15) is 25.1 Å². The number of ether oxygens (including phenoxy) is 1. The van der Waals surface area contributed by atoms with Crippen molar-refractivity contribution in [1.82, 2.24) is 10.1 Å². The fraction of sp³-hybridized carbons (Fsp3) is 0.263. The Balaban J connectivity index is 0.00000210. The summed E-state index contributed by atoms with van der Waals surface area (Å²) in [6, 6.07) is 8.76. The van der Waals surface area contributed by atoms with E-state index in [0.717, 1.165) is 19.3 Å². The highest BCUT2D eigenvalue weighted by atomic mass is 35.5. The van der Waals surface area contributed by atoms with Crippen LogP contribution in [0.15, 0.2) is 40.9 Å². The molecule has 0 spiro atoms. The molecular formula is C19H18ClF2N3O2. The second-order valence-corrected chi connectivity index (χ2v) is 6.47. The van der Waals surface area contributed by atoms with Crippen molar-refractivity contribution in [2.24, 2.45) is 5.73 Å². The molecule has 2 N–H and O–H groups in total. The molecule has 3 aromatic rings. The predicted molar refractivity (Wildman–Crippen MR) is 98.6 cm³/mol. The van der Waals surface area contributed by atoms with Crippen molar-refractivity contribution < 1.29 is 18.0 Å². The minimum atomic E-state index is -0.579. The van der Waals surface area contributed by atoms with E-state index in [9.17, 15) is 8.78 Å². The zero-order valence-electron chi connectivity index (χ0n) is 14.5. The van der Waals surface area contributed by atoms with Crippen LogP contribution in [0, 0.1) is 11.6 Å². The van der Waals surface area contributed by atoms with Gasteiger partial charge in [0.05, 0.1) is 18.2 Å². The molecule has 1 aliphatic rings. The van der Waals surface area contributed by atoms with E-state index in [1.807, 2.05) is 0 Å². The van der Waals surface area contributed by atoms with E-state index in [1.165, 1.54) is 25.3 Å². The van der Waals surface area contributed by atoms with Gasteiger partial charge in [0.1, 0.15) is 17.4 Å². The van der Waals surface area contributed by atoms with Crippen LogP contribution in [0.5, 0.6) is 5.75 Å². The van der Waals surface area contributed by atoms with E-state index >= 15 is 0 Å². The number of hydrogen-bond acceptors (Lipinski definition) is 5. The van der Waals surface area contributed by atoms with Crippen molar-refractivity contribution in [1.29, 1.82) is 0 Å². The molecule has 4 rings (SSSR count). The Kier molecular flexibility index (Phi) is 5.17. The van der Waals surface area contributed by atoms with Crippen LogP contribution in [0.25, 0.3) is 22.6 Å². The monoisotopic (exact) mass is 393 g/mol. The molecule has 1 aliphatic carbocycles. The standard InChI is InChI=1S/C19H17F2N3O2.ClH/c1-25-12-4-6-13(16(21)10-12)11-3-5-14(15(20)9-11)17-23-18(24-26-17)19(22)7-2-8-19;/h3-6,9-10H,2,7-8,22H2,1H3;1H. The largest absolute Gasteiger partial charge is 0.497 e. The SMILES string of the molecule is COc1ccc(-c2ccc(-c3nc(C4(N)CCC4)no3)c(F)c2)c(F)c1.Cl. The number of aromatic nitrogens is 2. The maximum Gasteiger partial charge on any atom is 0.260 e. The number of benzene rings is 2. The molecule has 5 nitrogen and oxygen atoms in total. The number of rotatable bonds is 4. The quantitative estimate of drug-likeness (QED) is 0.708. The van der Waals surface area contributed by atoms with E-state index < -0.39 is 17.2 Å². The average molecular weight is 394 g/mol. The zero-order chi connectivity index (χ0) is 18.3. The summed E-state index contributed by atoms with van der Waals surface area (Å²) < 4.78 is 39.0. The van der Waals surface area contributed by atoms with Gasteiger partial charge in [0.15, 0.2) is 5.82 Å². The van der Waals surface area contributed by atoms with E-state index in [0.29, 0.717) is 17.1 Å². The first-order valence-electron chi connectivity index (χ1n) is 8.27. The van der Waals surface area contributed by atoms with Gasteiger partial charge in [-0.15, -0.1) is 12.4 Å². The Labute approximate surface area is 160 Å². The molecule has 1 aromatic heterocycles. The molecule has 8 heteroatoms. The van der Waals surface area contributed by atoms with Crippen LogP contribution in [0.4, 0.5) is 8.78 Å². The maximum absolute atomic E-state index is 14.6. The maximum atomic E-state index is 14.6. The molecular weight excluding hydrogens is 376 g/mol. The van der Waals surface area contributed by atoms with Crippen molar-refractivity contribution >= 4 is 12.4 Å². The zero-order valence-corrected chi connectivity index (χ0v) is 15.4. The molecule has 1 fully saturated rings. The molecule has 0 unspecified atom stereocenters. The van der Waals surface area contributed by atoms with Gasteiger partial charge >= 0.3 is 0 Å². The molecule has 0 saturated heterocycles. The van der Waals surface area contributed by atoms with Gasteiger partial charge in [0.2, 0.25) is 0 Å². The molecule has 27 heavy (non-hydrogen) atoms. The Hall–Kier alpha value is -2.51. The molecule has 0 aliphatic heterocycles. The van der Waals surface area contributed by atoms with Crippen molar-refractivity contribution in [2.75, 3.05) is 7.11 Å². The summed E-state index contributed by atoms with van der Waals surface area (Å²) in [5.74, 6) is -0.216. The number of nitrogens with two attached hydrogens (primary N) is 1. The number of nitrogens with zero attached hydrogens (tertiary/aromatic N) is 2.